The van der Waals surface area contributed by atoms with Crippen molar-refractivity contribution in [3.05, 3.63) is 41.8 Å². The molecule has 7 nitrogen and oxygen atoms in total. The third-order valence-electron chi connectivity index (χ3n) is 2.26. The second-order valence-electron chi connectivity index (χ2n) is 3.59. The molecule has 19 heavy (non-hydrogen) atoms. The predicted octanol–water partition coefficient (Wildman–Crippen LogP) is 0.448. The minimum absolute atomic E-state index is 0.0105. The number of carbonyl (C=O) groups excluding carboxylic acids is 1. The van der Waals surface area contributed by atoms with E-state index in [1.54, 1.807) is 0 Å². The van der Waals surface area contributed by atoms with Crippen LogP contribution in [-0.2, 0) is 10.0 Å². The quantitative estimate of drug-likeness (QED) is 0.755. The number of anilines is 1. The molecular weight excluding hydrogens is 275 g/mol. The summed E-state index contributed by atoms with van der Waals surface area (Å²) in [6, 6.07) is 4.33. The SMILES string of the molecule is NC(=O)c1ccc(F)c(NS(=O)(=O)c2ccn[nH]2)c1. The lowest BCUT2D eigenvalue weighted by molar-refractivity contribution is 0.100. The summed E-state index contributed by atoms with van der Waals surface area (Å²) < 4.78 is 39.2. The fraction of sp³-hybridized carbons (Fsp3) is 0. The zero-order valence-corrected chi connectivity index (χ0v) is 10.2. The number of halogens is 1. The molecule has 0 saturated carbocycles. The van der Waals surface area contributed by atoms with Gasteiger partial charge in [0.2, 0.25) is 5.91 Å². The topological polar surface area (TPSA) is 118 Å². The van der Waals surface area contributed by atoms with Crippen LogP contribution in [0, 0.1) is 5.82 Å². The van der Waals surface area contributed by atoms with Crippen LogP contribution in [0.2, 0.25) is 0 Å². The molecule has 0 atom stereocenters. The lowest BCUT2D eigenvalue weighted by atomic mass is 10.2. The van der Waals surface area contributed by atoms with Gasteiger partial charge in [0.05, 0.1) is 11.9 Å². The van der Waals surface area contributed by atoms with Crippen LogP contribution in [0.1, 0.15) is 10.4 Å². The number of nitrogens with two attached hydrogens (primary N) is 1. The maximum Gasteiger partial charge on any atom is 0.278 e. The average Bonchev–Trinajstić information content (AvgIpc) is 2.85. The summed E-state index contributed by atoms with van der Waals surface area (Å²) in [6.07, 6.45) is 1.24. The highest BCUT2D eigenvalue weighted by Crippen LogP contribution is 2.19. The molecule has 1 aromatic carbocycles. The Bertz CT molecular complexity index is 712. The first kappa shape index (κ1) is 13.0. The molecule has 100 valence electrons. The van der Waals surface area contributed by atoms with Crippen LogP contribution in [0.3, 0.4) is 0 Å². The number of hydrogen-bond donors (Lipinski definition) is 3. The van der Waals surface area contributed by atoms with Crippen molar-refractivity contribution in [2.24, 2.45) is 5.73 Å². The number of benzene rings is 1. The third-order valence-corrected chi connectivity index (χ3v) is 3.55. The predicted molar refractivity (Wildman–Crippen MR) is 64.3 cm³/mol. The molecule has 9 heteroatoms. The molecule has 0 aliphatic carbocycles. The second-order valence-corrected chi connectivity index (χ2v) is 5.24. The fourth-order valence-electron chi connectivity index (χ4n) is 1.35. The maximum atomic E-state index is 13.5. The minimum atomic E-state index is -4.00. The number of carbonyl (C=O) groups is 1. The van der Waals surface area contributed by atoms with E-state index in [1.165, 1.54) is 12.3 Å². The summed E-state index contributed by atoms with van der Waals surface area (Å²) in [5.74, 6) is -1.62. The van der Waals surface area contributed by atoms with Gasteiger partial charge < -0.3 is 5.73 Å². The van der Waals surface area contributed by atoms with Crippen molar-refractivity contribution in [1.29, 1.82) is 0 Å². The Hall–Kier alpha value is -2.42. The Labute approximate surface area is 107 Å². The van der Waals surface area contributed by atoms with E-state index in [0.717, 1.165) is 18.2 Å². The van der Waals surface area contributed by atoms with Crippen LogP contribution in [0.25, 0.3) is 0 Å². The molecule has 0 radical (unpaired) electrons. The van der Waals surface area contributed by atoms with Crippen molar-refractivity contribution in [2.45, 2.75) is 5.03 Å². The Morgan fingerprint density at radius 2 is 2.11 bits per heavy atom. The number of H-pyrrole nitrogens is 1. The molecule has 0 aliphatic rings. The minimum Gasteiger partial charge on any atom is -0.366 e. The number of nitrogens with zero attached hydrogens (tertiary/aromatic N) is 1. The summed E-state index contributed by atoms with van der Waals surface area (Å²) in [7, 11) is -4.00. The van der Waals surface area contributed by atoms with E-state index in [4.69, 9.17) is 5.73 Å². The molecule has 0 fully saturated rings. The van der Waals surface area contributed by atoms with Gasteiger partial charge in [0.15, 0.2) is 5.03 Å². The van der Waals surface area contributed by atoms with E-state index >= 15 is 0 Å². The molecule has 1 heterocycles. The maximum absolute atomic E-state index is 13.5. The van der Waals surface area contributed by atoms with Crippen molar-refractivity contribution in [3.8, 4) is 0 Å². The molecule has 1 amide bonds. The highest BCUT2D eigenvalue weighted by atomic mass is 32.2. The van der Waals surface area contributed by atoms with Gasteiger partial charge in [-0.1, -0.05) is 0 Å². The van der Waals surface area contributed by atoms with Gasteiger partial charge in [-0.2, -0.15) is 13.5 Å². The summed E-state index contributed by atoms with van der Waals surface area (Å²) in [5.41, 5.74) is 4.66. The third kappa shape index (κ3) is 2.71. The Balaban J connectivity index is 2.39. The van der Waals surface area contributed by atoms with Crippen molar-refractivity contribution in [3.63, 3.8) is 0 Å². The molecule has 0 unspecified atom stereocenters. The summed E-state index contributed by atoms with van der Waals surface area (Å²) >= 11 is 0. The molecule has 1 aromatic heterocycles. The van der Waals surface area contributed by atoms with Crippen molar-refractivity contribution in [1.82, 2.24) is 10.2 Å². The van der Waals surface area contributed by atoms with E-state index < -0.39 is 21.7 Å². The van der Waals surface area contributed by atoms with E-state index in [1.807, 2.05) is 4.72 Å². The molecule has 4 N–H and O–H groups in total. The smallest absolute Gasteiger partial charge is 0.278 e. The molecule has 2 aromatic rings. The number of amides is 1. The zero-order chi connectivity index (χ0) is 14.0. The van der Waals surface area contributed by atoms with Gasteiger partial charge >= 0.3 is 0 Å². The average molecular weight is 284 g/mol. The lowest BCUT2D eigenvalue weighted by Gasteiger charge is -2.08. The first-order valence-electron chi connectivity index (χ1n) is 5.02. The van der Waals surface area contributed by atoms with Crippen molar-refractivity contribution < 1.29 is 17.6 Å². The monoisotopic (exact) mass is 284 g/mol. The van der Waals surface area contributed by atoms with Gasteiger partial charge in [-0.15, -0.1) is 0 Å². The summed E-state index contributed by atoms with van der Waals surface area (Å²) in [6.45, 7) is 0. The van der Waals surface area contributed by atoms with E-state index in [-0.39, 0.29) is 16.3 Å². The van der Waals surface area contributed by atoms with Gasteiger partial charge in [0.1, 0.15) is 5.82 Å². The molecule has 0 aliphatic heterocycles. The van der Waals surface area contributed by atoms with Crippen LogP contribution in [0.15, 0.2) is 35.5 Å². The van der Waals surface area contributed by atoms with E-state index in [9.17, 15) is 17.6 Å². The number of aromatic nitrogens is 2. The lowest BCUT2D eigenvalue weighted by Crippen LogP contribution is -2.16. The van der Waals surface area contributed by atoms with Crippen molar-refractivity contribution in [2.75, 3.05) is 4.72 Å². The van der Waals surface area contributed by atoms with Crippen LogP contribution >= 0.6 is 0 Å². The Morgan fingerprint density at radius 1 is 1.37 bits per heavy atom. The number of sulfonamides is 1. The Kier molecular flexibility index (Phi) is 3.21. The largest absolute Gasteiger partial charge is 0.366 e. The van der Waals surface area contributed by atoms with Gasteiger partial charge in [-0.05, 0) is 24.3 Å². The second kappa shape index (κ2) is 4.69. The van der Waals surface area contributed by atoms with Gasteiger partial charge in [-0.3, -0.25) is 14.6 Å². The van der Waals surface area contributed by atoms with Crippen LogP contribution < -0.4 is 10.5 Å². The number of nitrogens with one attached hydrogen (secondary N) is 2. The number of aromatic amines is 1. The molecule has 0 spiro atoms. The first-order chi connectivity index (χ1) is 8.90. The van der Waals surface area contributed by atoms with Crippen molar-refractivity contribution >= 4 is 21.6 Å². The summed E-state index contributed by atoms with van der Waals surface area (Å²) in [5, 5.41) is 5.50. The number of hydrogen-bond acceptors (Lipinski definition) is 4. The van der Waals surface area contributed by atoms with E-state index in [2.05, 4.69) is 10.2 Å². The highest BCUT2D eigenvalue weighted by molar-refractivity contribution is 7.92. The summed E-state index contributed by atoms with van der Waals surface area (Å²) in [4.78, 5) is 11.0. The molecule has 0 saturated heterocycles. The fourth-order valence-corrected chi connectivity index (χ4v) is 2.32. The van der Waals surface area contributed by atoms with E-state index in [0.29, 0.717) is 0 Å². The molecule has 2 rings (SSSR count). The first-order valence-corrected chi connectivity index (χ1v) is 6.50. The zero-order valence-electron chi connectivity index (χ0n) is 9.42. The Morgan fingerprint density at radius 3 is 2.68 bits per heavy atom. The normalized spacial score (nSPS) is 11.2. The number of rotatable bonds is 4. The standard InChI is InChI=1S/C10H9FN4O3S/c11-7-2-1-6(10(12)16)5-8(7)15-19(17,18)9-3-4-13-14-9/h1-5,15H,(H2,12,16)(H,13,14). The van der Waals surface area contributed by atoms with Crippen LogP contribution in [0.5, 0.6) is 0 Å². The van der Waals surface area contributed by atoms with Crippen LogP contribution in [0.4, 0.5) is 10.1 Å². The van der Waals surface area contributed by atoms with Gasteiger partial charge in [0.25, 0.3) is 10.0 Å². The van der Waals surface area contributed by atoms with Gasteiger partial charge in [0, 0.05) is 5.56 Å². The van der Waals surface area contributed by atoms with Gasteiger partial charge in [-0.25, -0.2) is 4.39 Å². The number of primary amides is 1. The molecule has 0 bridgehead atoms. The van der Waals surface area contributed by atoms with Crippen LogP contribution in [-0.4, -0.2) is 24.5 Å². The molecular formula is C10H9FN4O3S. The highest BCUT2D eigenvalue weighted by Gasteiger charge is 2.18.